The Hall–Kier alpha value is -2.61. The van der Waals surface area contributed by atoms with E-state index in [4.69, 9.17) is 11.6 Å². The normalized spacial score (nSPS) is 21.8. The van der Waals surface area contributed by atoms with Gasteiger partial charge in [-0.2, -0.15) is 0 Å². The summed E-state index contributed by atoms with van der Waals surface area (Å²) in [4.78, 5) is 25.8. The van der Waals surface area contributed by atoms with Crippen LogP contribution in [0.5, 0.6) is 0 Å². The van der Waals surface area contributed by atoms with Gasteiger partial charge < -0.3 is 19.8 Å². The van der Waals surface area contributed by atoms with Crippen LogP contribution in [0.15, 0.2) is 22.2 Å². The topological polar surface area (TPSA) is 95.1 Å². The number of carboxylic acid groups (broad SMARTS) is 1. The van der Waals surface area contributed by atoms with Gasteiger partial charge in [0.15, 0.2) is 0 Å². The second-order valence-electron chi connectivity index (χ2n) is 7.92. The minimum atomic E-state index is -1.35. The van der Waals surface area contributed by atoms with Gasteiger partial charge in [-0.3, -0.25) is 4.79 Å². The first-order chi connectivity index (χ1) is 13.4. The van der Waals surface area contributed by atoms with E-state index in [0.717, 1.165) is 31.7 Å². The zero-order valence-electron chi connectivity index (χ0n) is 14.8. The van der Waals surface area contributed by atoms with Crippen molar-refractivity contribution in [2.45, 2.75) is 31.7 Å². The lowest BCUT2D eigenvalue weighted by Gasteiger charge is -2.23. The molecule has 2 aromatic rings. The summed E-state index contributed by atoms with van der Waals surface area (Å²) in [5, 5.41) is 22.1. The average molecular weight is 406 g/mol. The molecule has 3 fully saturated rings. The number of oxime groups is 1. The largest absolute Gasteiger partial charge is 0.477 e. The van der Waals surface area contributed by atoms with Crippen molar-refractivity contribution in [3.05, 3.63) is 38.9 Å². The Labute approximate surface area is 163 Å². The third-order valence-corrected chi connectivity index (χ3v) is 6.45. The molecule has 146 valence electrons. The van der Waals surface area contributed by atoms with Crippen molar-refractivity contribution in [1.29, 1.82) is 0 Å². The van der Waals surface area contributed by atoms with E-state index in [1.807, 2.05) is 0 Å². The highest BCUT2D eigenvalue weighted by Gasteiger charge is 2.54. The molecule has 0 atom stereocenters. The summed E-state index contributed by atoms with van der Waals surface area (Å²) < 4.78 is 16.8. The molecule has 0 amide bonds. The number of benzene rings is 1. The van der Waals surface area contributed by atoms with Crippen LogP contribution in [0.3, 0.4) is 0 Å². The number of hydrogen-bond donors (Lipinski definition) is 2. The van der Waals surface area contributed by atoms with E-state index in [1.54, 1.807) is 9.47 Å². The molecular weight excluding hydrogens is 389 g/mol. The Balaban J connectivity index is 1.75. The third kappa shape index (κ3) is 2.37. The molecule has 0 unspecified atom stereocenters. The summed E-state index contributed by atoms with van der Waals surface area (Å²) >= 11 is 6.62. The smallest absolute Gasteiger partial charge is 0.341 e. The molecular formula is C19H17ClFN3O4. The van der Waals surface area contributed by atoms with Crippen LogP contribution in [-0.2, 0) is 0 Å². The molecule has 2 aliphatic carbocycles. The predicted octanol–water partition coefficient (Wildman–Crippen LogP) is 3.26. The van der Waals surface area contributed by atoms with Crippen molar-refractivity contribution in [2.24, 2.45) is 10.6 Å². The molecule has 0 radical (unpaired) electrons. The molecule has 1 aromatic heterocycles. The number of aromatic nitrogens is 1. The molecule has 1 aliphatic heterocycles. The van der Waals surface area contributed by atoms with Gasteiger partial charge in [0.2, 0.25) is 5.43 Å². The van der Waals surface area contributed by atoms with Gasteiger partial charge in [-0.1, -0.05) is 16.8 Å². The SMILES string of the molecule is O=C(O)c1cn(C2CC2)c2c(Cl)c(N3C/C(=N\O)C4(CC4)C3)c(F)cc2c1=O. The second kappa shape index (κ2) is 5.70. The van der Waals surface area contributed by atoms with Gasteiger partial charge in [-0.15, -0.1) is 0 Å². The molecule has 1 aromatic carbocycles. The molecule has 2 heterocycles. The van der Waals surface area contributed by atoms with Crippen LogP contribution in [0.2, 0.25) is 5.02 Å². The van der Waals surface area contributed by atoms with Gasteiger partial charge in [-0.05, 0) is 31.7 Å². The van der Waals surface area contributed by atoms with Gasteiger partial charge in [0, 0.05) is 24.2 Å². The highest BCUT2D eigenvalue weighted by atomic mass is 35.5. The van der Waals surface area contributed by atoms with E-state index >= 15 is 4.39 Å². The number of hydrogen-bond acceptors (Lipinski definition) is 5. The fourth-order valence-electron chi connectivity index (χ4n) is 4.27. The van der Waals surface area contributed by atoms with Gasteiger partial charge in [0.05, 0.1) is 33.9 Å². The van der Waals surface area contributed by atoms with E-state index in [9.17, 15) is 19.9 Å². The minimum absolute atomic E-state index is 0.0329. The number of halogens is 2. The molecule has 3 aliphatic rings. The molecule has 7 nitrogen and oxygen atoms in total. The van der Waals surface area contributed by atoms with Crippen LogP contribution in [0.1, 0.15) is 42.1 Å². The fraction of sp³-hybridized carbons (Fsp3) is 0.421. The van der Waals surface area contributed by atoms with Gasteiger partial charge in [-0.25, -0.2) is 9.18 Å². The minimum Gasteiger partial charge on any atom is -0.477 e. The fourth-order valence-corrected chi connectivity index (χ4v) is 4.68. The summed E-state index contributed by atoms with van der Waals surface area (Å²) in [6.07, 6.45) is 4.75. The molecule has 1 spiro atoms. The van der Waals surface area contributed by atoms with Crippen LogP contribution >= 0.6 is 11.6 Å². The van der Waals surface area contributed by atoms with Gasteiger partial charge in [0.25, 0.3) is 0 Å². The summed E-state index contributed by atoms with van der Waals surface area (Å²) in [7, 11) is 0. The van der Waals surface area contributed by atoms with E-state index in [-0.39, 0.29) is 34.1 Å². The number of fused-ring (bicyclic) bond motifs is 1. The lowest BCUT2D eigenvalue weighted by atomic mass is 10.1. The van der Waals surface area contributed by atoms with E-state index in [2.05, 4.69) is 5.16 Å². The molecule has 5 rings (SSSR count). The van der Waals surface area contributed by atoms with Crippen LogP contribution in [0.4, 0.5) is 10.1 Å². The zero-order valence-corrected chi connectivity index (χ0v) is 15.5. The van der Waals surface area contributed by atoms with Crippen molar-refractivity contribution >= 4 is 39.9 Å². The maximum atomic E-state index is 15.1. The van der Waals surface area contributed by atoms with Crippen LogP contribution in [0.25, 0.3) is 10.9 Å². The van der Waals surface area contributed by atoms with Crippen molar-refractivity contribution in [3.63, 3.8) is 0 Å². The Morgan fingerprint density at radius 3 is 2.61 bits per heavy atom. The Bertz CT molecular complexity index is 1130. The lowest BCUT2D eigenvalue weighted by Crippen LogP contribution is -2.24. The average Bonchev–Trinajstić information content (AvgIpc) is 3.54. The molecule has 1 saturated heterocycles. The molecule has 2 saturated carbocycles. The Kier molecular flexibility index (Phi) is 3.56. The van der Waals surface area contributed by atoms with E-state index in [1.165, 1.54) is 6.20 Å². The number of aromatic carboxylic acids is 1. The number of rotatable bonds is 3. The Morgan fingerprint density at radius 2 is 2.07 bits per heavy atom. The van der Waals surface area contributed by atoms with E-state index < -0.39 is 22.8 Å². The molecule has 2 N–H and O–H groups in total. The predicted molar refractivity (Wildman–Crippen MR) is 102 cm³/mol. The van der Waals surface area contributed by atoms with Crippen molar-refractivity contribution < 1.29 is 19.5 Å². The quantitative estimate of drug-likeness (QED) is 0.603. The Morgan fingerprint density at radius 1 is 1.36 bits per heavy atom. The maximum Gasteiger partial charge on any atom is 0.341 e. The summed E-state index contributed by atoms with van der Waals surface area (Å²) in [5.74, 6) is -2.03. The number of carboxylic acids is 1. The molecule has 28 heavy (non-hydrogen) atoms. The highest BCUT2D eigenvalue weighted by Crippen LogP contribution is 2.53. The molecule has 0 bridgehead atoms. The first-order valence-corrected chi connectivity index (χ1v) is 9.50. The molecule has 9 heteroatoms. The summed E-state index contributed by atoms with van der Waals surface area (Å²) in [6, 6.07) is 1.12. The number of anilines is 1. The van der Waals surface area contributed by atoms with Crippen molar-refractivity contribution in [2.75, 3.05) is 18.0 Å². The standard InChI is InChI=1S/C19H17ClFN3O4/c20-14-15-10(17(25)11(18(26)27)6-24(15)9-1-2-9)5-12(21)16(14)23-7-13(22-28)19(8-23)3-4-19/h5-6,9,28H,1-4,7-8H2,(H,26,27)/b22-13+. The third-order valence-electron chi connectivity index (χ3n) is 6.09. The first kappa shape index (κ1) is 17.5. The van der Waals surface area contributed by atoms with Crippen LogP contribution in [-0.4, -0.2) is 39.7 Å². The van der Waals surface area contributed by atoms with Crippen molar-refractivity contribution in [3.8, 4) is 0 Å². The van der Waals surface area contributed by atoms with E-state index in [0.29, 0.717) is 17.8 Å². The highest BCUT2D eigenvalue weighted by molar-refractivity contribution is 6.38. The zero-order chi connectivity index (χ0) is 19.8. The second-order valence-corrected chi connectivity index (χ2v) is 8.29. The number of pyridine rings is 1. The lowest BCUT2D eigenvalue weighted by molar-refractivity contribution is 0.0695. The van der Waals surface area contributed by atoms with Crippen LogP contribution in [0, 0.1) is 11.2 Å². The summed E-state index contributed by atoms with van der Waals surface area (Å²) in [6.45, 7) is 0.759. The van der Waals surface area contributed by atoms with Gasteiger partial charge in [0.1, 0.15) is 11.4 Å². The maximum absolute atomic E-state index is 15.1. The number of nitrogens with zero attached hydrogens (tertiary/aromatic N) is 3. The van der Waals surface area contributed by atoms with Crippen LogP contribution < -0.4 is 10.3 Å². The first-order valence-electron chi connectivity index (χ1n) is 9.13. The van der Waals surface area contributed by atoms with Gasteiger partial charge >= 0.3 is 5.97 Å². The monoisotopic (exact) mass is 405 g/mol. The van der Waals surface area contributed by atoms with Crippen molar-refractivity contribution in [1.82, 2.24) is 4.57 Å². The number of carbonyl (C=O) groups is 1. The summed E-state index contributed by atoms with van der Waals surface area (Å²) in [5.41, 5.74) is -0.225.